The van der Waals surface area contributed by atoms with Crippen LogP contribution in [0.4, 0.5) is 5.69 Å². The van der Waals surface area contributed by atoms with Gasteiger partial charge in [-0.1, -0.05) is 11.6 Å². The molecule has 0 aliphatic heterocycles. The first kappa shape index (κ1) is 19.1. The summed E-state index contributed by atoms with van der Waals surface area (Å²) in [6.07, 6.45) is 3.51. The van der Waals surface area contributed by atoms with Crippen LogP contribution in [0.5, 0.6) is 0 Å². The van der Waals surface area contributed by atoms with Gasteiger partial charge >= 0.3 is 0 Å². The van der Waals surface area contributed by atoms with E-state index in [0.717, 1.165) is 10.2 Å². The molecule has 27 heavy (non-hydrogen) atoms. The Labute approximate surface area is 169 Å². The number of carbonyl (C=O) groups excluding carboxylic acids is 2. The van der Waals surface area contributed by atoms with Gasteiger partial charge in [-0.15, -0.1) is 0 Å². The first-order valence-corrected chi connectivity index (χ1v) is 9.15. The Balaban J connectivity index is 1.79. The van der Waals surface area contributed by atoms with Gasteiger partial charge in [0.2, 0.25) is 0 Å². The summed E-state index contributed by atoms with van der Waals surface area (Å²) in [4.78, 5) is 26.1. The number of hydrogen-bond acceptors (Lipinski definition) is 3. The van der Waals surface area contributed by atoms with E-state index in [9.17, 15) is 9.59 Å². The number of rotatable bonds is 4. The van der Waals surface area contributed by atoms with Crippen molar-refractivity contribution in [2.45, 2.75) is 0 Å². The molecule has 0 saturated heterocycles. The minimum Gasteiger partial charge on any atom is -0.345 e. The highest BCUT2D eigenvalue weighted by Gasteiger charge is 2.13. The molecule has 0 radical (unpaired) electrons. The monoisotopic (exact) mass is 446 g/mol. The standard InChI is InChI=1S/C19H16BrClN4O2/c1-24(2)19(27)13-5-8-16(21)17(9-13)23-18(26)12-3-6-15(7-4-12)25-11-14(20)10-22-25/h3-11H,1-2H3,(H,23,26). The highest BCUT2D eigenvalue weighted by Crippen LogP contribution is 2.24. The van der Waals surface area contributed by atoms with Crippen molar-refractivity contribution in [1.29, 1.82) is 0 Å². The van der Waals surface area contributed by atoms with Crippen molar-refractivity contribution < 1.29 is 9.59 Å². The number of nitrogens with zero attached hydrogens (tertiary/aromatic N) is 3. The van der Waals surface area contributed by atoms with Crippen molar-refractivity contribution in [3.8, 4) is 5.69 Å². The van der Waals surface area contributed by atoms with Crippen molar-refractivity contribution in [2.75, 3.05) is 19.4 Å². The lowest BCUT2D eigenvalue weighted by atomic mass is 10.1. The number of carbonyl (C=O) groups is 2. The molecular weight excluding hydrogens is 432 g/mol. The van der Waals surface area contributed by atoms with Crippen LogP contribution in [0.3, 0.4) is 0 Å². The smallest absolute Gasteiger partial charge is 0.255 e. The van der Waals surface area contributed by atoms with Gasteiger partial charge in [-0.25, -0.2) is 4.68 Å². The van der Waals surface area contributed by atoms with Crippen molar-refractivity contribution in [2.24, 2.45) is 0 Å². The van der Waals surface area contributed by atoms with E-state index < -0.39 is 0 Å². The van der Waals surface area contributed by atoms with Gasteiger partial charge in [0.1, 0.15) is 0 Å². The molecule has 1 N–H and O–H groups in total. The third-order valence-corrected chi connectivity index (χ3v) is 4.55. The van der Waals surface area contributed by atoms with Crippen LogP contribution in [-0.4, -0.2) is 40.6 Å². The van der Waals surface area contributed by atoms with E-state index in [4.69, 9.17) is 11.6 Å². The summed E-state index contributed by atoms with van der Waals surface area (Å²) in [6, 6.07) is 11.8. The van der Waals surface area contributed by atoms with E-state index in [1.165, 1.54) is 4.90 Å². The molecule has 1 heterocycles. The fourth-order valence-electron chi connectivity index (χ4n) is 2.41. The largest absolute Gasteiger partial charge is 0.345 e. The van der Waals surface area contributed by atoms with Crippen molar-refractivity contribution in [1.82, 2.24) is 14.7 Å². The van der Waals surface area contributed by atoms with E-state index >= 15 is 0 Å². The summed E-state index contributed by atoms with van der Waals surface area (Å²) in [6.45, 7) is 0. The summed E-state index contributed by atoms with van der Waals surface area (Å²) in [5.74, 6) is -0.489. The predicted molar refractivity (Wildman–Crippen MR) is 109 cm³/mol. The normalized spacial score (nSPS) is 10.5. The molecule has 6 nitrogen and oxygen atoms in total. The molecule has 0 fully saturated rings. The second-order valence-electron chi connectivity index (χ2n) is 6.00. The molecule has 0 aliphatic rings. The number of halogens is 2. The molecule has 2 aromatic carbocycles. The van der Waals surface area contributed by atoms with Gasteiger partial charge in [0, 0.05) is 31.4 Å². The zero-order chi connectivity index (χ0) is 19.6. The maximum atomic E-state index is 12.5. The van der Waals surface area contributed by atoms with Crippen LogP contribution in [0.1, 0.15) is 20.7 Å². The highest BCUT2D eigenvalue weighted by atomic mass is 79.9. The number of amides is 2. The van der Waals surface area contributed by atoms with E-state index in [0.29, 0.717) is 21.8 Å². The maximum Gasteiger partial charge on any atom is 0.255 e. The first-order chi connectivity index (χ1) is 12.8. The van der Waals surface area contributed by atoms with Gasteiger partial charge in [0.05, 0.1) is 27.1 Å². The topological polar surface area (TPSA) is 67.2 Å². The molecule has 3 aromatic rings. The van der Waals surface area contributed by atoms with Crippen molar-refractivity contribution in [3.63, 3.8) is 0 Å². The van der Waals surface area contributed by atoms with Crippen LogP contribution in [0, 0.1) is 0 Å². The minimum atomic E-state index is -0.320. The highest BCUT2D eigenvalue weighted by molar-refractivity contribution is 9.10. The number of nitrogens with one attached hydrogen (secondary N) is 1. The fourth-order valence-corrected chi connectivity index (χ4v) is 2.86. The summed E-state index contributed by atoms with van der Waals surface area (Å²) in [5, 5.41) is 7.31. The van der Waals surface area contributed by atoms with Gasteiger partial charge < -0.3 is 10.2 Å². The van der Waals surface area contributed by atoms with Crippen LogP contribution in [0.2, 0.25) is 5.02 Å². The molecule has 0 atom stereocenters. The Morgan fingerprint density at radius 3 is 2.37 bits per heavy atom. The summed E-state index contributed by atoms with van der Waals surface area (Å²) in [7, 11) is 3.32. The molecule has 8 heteroatoms. The van der Waals surface area contributed by atoms with Gasteiger partial charge in [-0.2, -0.15) is 5.10 Å². The van der Waals surface area contributed by atoms with Crippen molar-refractivity contribution >= 4 is 45.0 Å². The molecule has 138 valence electrons. The second-order valence-corrected chi connectivity index (χ2v) is 7.32. The van der Waals surface area contributed by atoms with Crippen LogP contribution in [-0.2, 0) is 0 Å². The van der Waals surface area contributed by atoms with E-state index in [1.54, 1.807) is 67.4 Å². The Hall–Kier alpha value is -2.64. The Morgan fingerprint density at radius 1 is 1.11 bits per heavy atom. The Kier molecular flexibility index (Phi) is 5.62. The number of hydrogen-bond donors (Lipinski definition) is 1. The van der Waals surface area contributed by atoms with E-state index in [-0.39, 0.29) is 11.8 Å². The number of benzene rings is 2. The second kappa shape index (κ2) is 7.94. The fraction of sp³-hybridized carbons (Fsp3) is 0.105. The molecule has 0 bridgehead atoms. The Bertz CT molecular complexity index is 999. The summed E-state index contributed by atoms with van der Waals surface area (Å²) >= 11 is 9.51. The average Bonchev–Trinajstić information content (AvgIpc) is 3.09. The SMILES string of the molecule is CN(C)C(=O)c1ccc(Cl)c(NC(=O)c2ccc(-n3cc(Br)cn3)cc2)c1. The van der Waals surface area contributed by atoms with Crippen LogP contribution < -0.4 is 5.32 Å². The zero-order valence-electron chi connectivity index (χ0n) is 14.6. The van der Waals surface area contributed by atoms with Crippen molar-refractivity contribution in [3.05, 3.63) is 75.5 Å². The number of anilines is 1. The molecule has 0 unspecified atom stereocenters. The van der Waals surface area contributed by atoms with Crippen LogP contribution in [0.15, 0.2) is 59.3 Å². The number of aromatic nitrogens is 2. The zero-order valence-corrected chi connectivity index (χ0v) is 17.0. The lowest BCUT2D eigenvalue weighted by Gasteiger charge is -2.13. The third-order valence-electron chi connectivity index (χ3n) is 3.81. The predicted octanol–water partition coefficient (Wildman–Crippen LogP) is 4.24. The average molecular weight is 448 g/mol. The maximum absolute atomic E-state index is 12.5. The van der Waals surface area contributed by atoms with Gasteiger partial charge in [-0.3, -0.25) is 9.59 Å². The molecule has 3 rings (SSSR count). The lowest BCUT2D eigenvalue weighted by molar-refractivity contribution is 0.0827. The van der Waals surface area contributed by atoms with Gasteiger partial charge in [-0.05, 0) is 58.4 Å². The molecule has 0 spiro atoms. The minimum absolute atomic E-state index is 0.170. The molecule has 0 saturated carbocycles. The van der Waals surface area contributed by atoms with Gasteiger partial charge in [0.15, 0.2) is 0 Å². The lowest BCUT2D eigenvalue weighted by Crippen LogP contribution is -2.22. The third kappa shape index (κ3) is 4.37. The van der Waals surface area contributed by atoms with Crippen LogP contribution >= 0.6 is 27.5 Å². The molecule has 2 amide bonds. The first-order valence-electron chi connectivity index (χ1n) is 7.98. The quantitative estimate of drug-likeness (QED) is 0.650. The molecular formula is C19H16BrClN4O2. The van der Waals surface area contributed by atoms with Crippen LogP contribution in [0.25, 0.3) is 5.69 Å². The Morgan fingerprint density at radius 2 is 1.78 bits per heavy atom. The summed E-state index contributed by atoms with van der Waals surface area (Å²) < 4.78 is 2.56. The summed E-state index contributed by atoms with van der Waals surface area (Å²) in [5.41, 5.74) is 2.12. The molecule has 0 aliphatic carbocycles. The van der Waals surface area contributed by atoms with E-state index in [2.05, 4.69) is 26.3 Å². The van der Waals surface area contributed by atoms with E-state index in [1.807, 2.05) is 6.20 Å². The van der Waals surface area contributed by atoms with Gasteiger partial charge in [0.25, 0.3) is 11.8 Å². The molecule has 1 aromatic heterocycles.